The van der Waals surface area contributed by atoms with Gasteiger partial charge in [0.25, 0.3) is 0 Å². The van der Waals surface area contributed by atoms with Gasteiger partial charge in [-0.25, -0.2) is 0 Å². The van der Waals surface area contributed by atoms with E-state index in [2.05, 4.69) is 15.9 Å². The number of quaternary nitrogens is 1. The van der Waals surface area contributed by atoms with Gasteiger partial charge in [0.1, 0.15) is 29.7 Å². The average Bonchev–Trinajstić information content (AvgIpc) is 3.06. The molecule has 12 atom stereocenters. The molecule has 0 bridgehead atoms. The molecular weight excluding hydrogens is 741 g/mol. The predicted octanol–water partition coefficient (Wildman–Crippen LogP) is 2.21. The van der Waals surface area contributed by atoms with Crippen molar-refractivity contribution in [1.82, 2.24) is 0 Å². The Labute approximate surface area is 294 Å². The maximum Gasteiger partial charge on any atom is 0.460 e. The van der Waals surface area contributed by atoms with Crippen LogP contribution in [0.15, 0.2) is 28.4 Å². The van der Waals surface area contributed by atoms with Crippen molar-refractivity contribution in [3.63, 3.8) is 0 Å². The molecule has 21 heteroatoms. The molecule has 2 saturated carbocycles. The van der Waals surface area contributed by atoms with Crippen molar-refractivity contribution in [3.8, 4) is 5.75 Å². The Morgan fingerprint density at radius 1 is 0.962 bits per heavy atom. The Balaban J connectivity index is 1.53. The zero-order chi connectivity index (χ0) is 39.8. The van der Waals surface area contributed by atoms with Crippen LogP contribution in [-0.2, 0) is 9.47 Å². The summed E-state index contributed by atoms with van der Waals surface area (Å²) in [6.45, 7) is 2.42. The molecule has 0 aromatic heterocycles. The van der Waals surface area contributed by atoms with Crippen LogP contribution in [0.4, 0.5) is 39.5 Å². The van der Waals surface area contributed by atoms with Crippen molar-refractivity contribution in [3.05, 3.63) is 29.3 Å². The topological polar surface area (TPSA) is 195 Å². The molecule has 296 valence electrons. The Hall–Kier alpha value is -3.21. The Bertz CT molecular complexity index is 1650. The van der Waals surface area contributed by atoms with Gasteiger partial charge in [-0.3, -0.25) is 9.59 Å². The van der Waals surface area contributed by atoms with E-state index >= 15 is 0 Å². The highest BCUT2D eigenvalue weighted by molar-refractivity contribution is 6.18. The van der Waals surface area contributed by atoms with Gasteiger partial charge < -0.3 is 40.4 Å². The Morgan fingerprint density at radius 2 is 1.58 bits per heavy atom. The van der Waals surface area contributed by atoms with Crippen LogP contribution < -0.4 is 10.5 Å². The standard InChI is InChI=1S/C32H36F9N3O9/c1-11-23(45)15(42)7-18(52-11)53-17-9-28(50,12(2)44-43-10-29(33,34)30(35,36)31(37,38)32(39,40)41)8-14-20(17)27(49)22-21(25(14)47)24(46)13-5-4-6-16(51-3)19(13)26(22)48/h4-6,10-11,14-15,17-18,20-23,25,27,45,47,49-50H,7-9,42H2,1-3H3/p+1. The van der Waals surface area contributed by atoms with Gasteiger partial charge in [0, 0.05) is 17.9 Å². The number of methoxy groups -OCH3 is 1. The number of hydrogen-bond donors (Lipinski definition) is 5. The normalized spacial score (nSPS) is 37.3. The Morgan fingerprint density at radius 3 is 2.17 bits per heavy atom. The first-order chi connectivity index (χ1) is 24.3. The molecule has 5 rings (SSSR count). The molecule has 0 radical (unpaired) electrons. The van der Waals surface area contributed by atoms with Crippen molar-refractivity contribution >= 4 is 23.5 Å². The number of aliphatic hydroxyl groups excluding tert-OH is 3. The molecule has 4 aliphatic rings. The number of carbonyl (C=O) groups excluding carboxylic acids is 2. The fraction of sp³-hybridized carbons (Fsp3) is 0.688. The Kier molecular flexibility index (Phi) is 10.7. The van der Waals surface area contributed by atoms with Gasteiger partial charge in [-0.05, 0) is 32.3 Å². The van der Waals surface area contributed by atoms with Gasteiger partial charge >= 0.3 is 23.9 Å². The van der Waals surface area contributed by atoms with E-state index in [1.54, 1.807) is 0 Å². The number of benzene rings is 1. The summed E-state index contributed by atoms with van der Waals surface area (Å²) in [4.78, 5) is 27.8. The van der Waals surface area contributed by atoms with Gasteiger partial charge in [0.05, 0.1) is 61.1 Å². The van der Waals surface area contributed by atoms with Crippen LogP contribution in [0.2, 0.25) is 0 Å². The lowest BCUT2D eigenvalue weighted by molar-refractivity contribution is -0.467. The maximum atomic E-state index is 14.1. The fourth-order valence-corrected chi connectivity index (χ4v) is 7.86. The molecule has 7 N–H and O–H groups in total. The summed E-state index contributed by atoms with van der Waals surface area (Å²) in [5.74, 6) is -27.6. The lowest BCUT2D eigenvalue weighted by Crippen LogP contribution is -2.72. The summed E-state index contributed by atoms with van der Waals surface area (Å²) in [5, 5.41) is 51.6. The van der Waals surface area contributed by atoms with E-state index < -0.39 is 132 Å². The highest BCUT2D eigenvalue weighted by atomic mass is 19.4. The zero-order valence-corrected chi connectivity index (χ0v) is 28.1. The van der Waals surface area contributed by atoms with Crippen molar-refractivity contribution in [2.24, 2.45) is 33.9 Å². The van der Waals surface area contributed by atoms with Crippen LogP contribution in [0.3, 0.4) is 0 Å². The van der Waals surface area contributed by atoms with E-state index in [-0.39, 0.29) is 23.3 Å². The van der Waals surface area contributed by atoms with E-state index in [0.717, 1.165) is 6.92 Å². The van der Waals surface area contributed by atoms with Gasteiger partial charge in [0.2, 0.25) is 0 Å². The minimum atomic E-state index is -7.18. The minimum absolute atomic E-state index is 0.0245. The highest BCUT2D eigenvalue weighted by Gasteiger charge is 2.81. The molecule has 12 unspecified atom stereocenters. The number of aliphatic hydroxyl groups is 4. The maximum absolute atomic E-state index is 14.1. The predicted molar refractivity (Wildman–Crippen MR) is 161 cm³/mol. The molecule has 0 spiro atoms. The van der Waals surface area contributed by atoms with E-state index in [1.807, 2.05) is 0 Å². The van der Waals surface area contributed by atoms with Gasteiger partial charge in [-0.1, -0.05) is 12.1 Å². The van der Waals surface area contributed by atoms with Crippen molar-refractivity contribution in [1.29, 1.82) is 0 Å². The zero-order valence-electron chi connectivity index (χ0n) is 28.1. The summed E-state index contributed by atoms with van der Waals surface area (Å²) >= 11 is 0. The quantitative estimate of drug-likeness (QED) is 0.149. The first-order valence-electron chi connectivity index (χ1n) is 16.3. The second kappa shape index (κ2) is 13.8. The molecule has 1 saturated heterocycles. The number of Topliss-reactive ketones (excluding diaryl/α,β-unsaturated/α-hetero) is 2. The van der Waals surface area contributed by atoms with Gasteiger partial charge in [-0.2, -0.15) is 49.7 Å². The van der Waals surface area contributed by atoms with Crippen LogP contribution in [0.5, 0.6) is 5.75 Å². The number of ketones is 2. The summed E-state index contributed by atoms with van der Waals surface area (Å²) < 4.78 is 137. The first-order valence-corrected chi connectivity index (χ1v) is 16.3. The summed E-state index contributed by atoms with van der Waals surface area (Å²) in [5.41, 5.74) is 0.472. The van der Waals surface area contributed by atoms with Crippen molar-refractivity contribution < 1.29 is 89.5 Å². The minimum Gasteiger partial charge on any atom is -0.496 e. The van der Waals surface area contributed by atoms with E-state index in [9.17, 15) is 69.5 Å². The molecule has 0 amide bonds. The number of hydrogen-bond acceptors (Lipinski definition) is 11. The summed E-state index contributed by atoms with van der Waals surface area (Å²) in [7, 11) is 1.25. The van der Waals surface area contributed by atoms with Crippen LogP contribution >= 0.6 is 0 Å². The SMILES string of the molecule is COc1cccc2c1C(=O)C1C(O)C3C(OC4CC([NH3+])C(O)C(C)O4)CC(O)(C(C)=NN=CC(F)(F)C(F)(F)C(F)(F)C(F)(F)F)CC3C(O)C1C2=O. The third-order valence-electron chi connectivity index (χ3n) is 10.8. The molecule has 3 aliphatic carbocycles. The fourth-order valence-electron chi connectivity index (χ4n) is 7.86. The van der Waals surface area contributed by atoms with Crippen LogP contribution in [0.1, 0.15) is 53.8 Å². The summed E-state index contributed by atoms with van der Waals surface area (Å²) in [6.07, 6.45) is -17.7. The molecular formula is C32H37F9N3O9+. The highest BCUT2D eigenvalue weighted by Crippen LogP contribution is 2.55. The number of alkyl halides is 9. The number of fused-ring (bicyclic) bond motifs is 3. The second-order valence-electron chi connectivity index (χ2n) is 14.0. The van der Waals surface area contributed by atoms with E-state index in [4.69, 9.17) is 14.2 Å². The molecule has 1 aromatic carbocycles. The second-order valence-corrected chi connectivity index (χ2v) is 14.0. The third-order valence-corrected chi connectivity index (χ3v) is 10.8. The number of halogens is 9. The van der Waals surface area contributed by atoms with Crippen LogP contribution in [0, 0.1) is 23.7 Å². The molecule has 1 aromatic rings. The third kappa shape index (κ3) is 6.64. The summed E-state index contributed by atoms with van der Waals surface area (Å²) in [6, 6.07) is 3.49. The first kappa shape index (κ1) is 41.0. The lowest BCUT2D eigenvalue weighted by atomic mass is 9.52. The van der Waals surface area contributed by atoms with Crippen molar-refractivity contribution in [2.45, 2.75) is 106 Å². The molecule has 3 fully saturated rings. The molecule has 53 heavy (non-hydrogen) atoms. The monoisotopic (exact) mass is 778 g/mol. The van der Waals surface area contributed by atoms with Gasteiger partial charge in [0.15, 0.2) is 17.9 Å². The number of carbonyl (C=O) groups is 2. The molecule has 12 nitrogen and oxygen atoms in total. The molecule has 1 aliphatic heterocycles. The average molecular weight is 779 g/mol. The van der Waals surface area contributed by atoms with E-state index in [1.165, 1.54) is 32.2 Å². The smallest absolute Gasteiger partial charge is 0.460 e. The lowest BCUT2D eigenvalue weighted by Gasteiger charge is -2.56. The largest absolute Gasteiger partial charge is 0.496 e. The number of ether oxygens (including phenoxy) is 3. The number of nitrogens with zero attached hydrogens (tertiary/aromatic N) is 2. The van der Waals surface area contributed by atoms with Crippen LogP contribution in [-0.4, -0.2) is 123 Å². The molecule has 1 heterocycles. The van der Waals surface area contributed by atoms with E-state index in [0.29, 0.717) is 0 Å². The van der Waals surface area contributed by atoms with Crippen LogP contribution in [0.25, 0.3) is 0 Å². The number of rotatable bonds is 8. The van der Waals surface area contributed by atoms with Crippen molar-refractivity contribution in [2.75, 3.05) is 7.11 Å². The van der Waals surface area contributed by atoms with Gasteiger partial charge in [-0.15, -0.1) is 0 Å².